The van der Waals surface area contributed by atoms with E-state index in [0.717, 1.165) is 44.9 Å². The molecule has 0 aromatic rings. The Hall–Kier alpha value is -1.66. The predicted octanol–water partition coefficient (Wildman–Crippen LogP) is 23.7. The molecular weight excluding hydrogens is 983 g/mol. The van der Waals surface area contributed by atoms with E-state index in [0.29, 0.717) is 19.4 Å². The van der Waals surface area contributed by atoms with Crippen LogP contribution in [0.4, 0.5) is 0 Å². The predicted molar refractivity (Wildman–Crippen MR) is 352 cm³/mol. The Balaban J connectivity index is 3.43. The number of hydrogen-bond donors (Lipinski definition) is 3. The molecule has 0 saturated carbocycles. The summed E-state index contributed by atoms with van der Waals surface area (Å²) in [6.45, 7) is 4.95. The average molecular weight is 1130 g/mol. The first-order chi connectivity index (χ1) is 39.5. The quantitative estimate of drug-likeness (QED) is 0.0320. The number of ether oxygens (including phenoxy) is 1. The largest absolute Gasteiger partial charge is 0.466 e. The lowest BCUT2D eigenvalue weighted by Crippen LogP contribution is -2.45. The van der Waals surface area contributed by atoms with Crippen LogP contribution >= 0.6 is 0 Å². The molecule has 0 aliphatic rings. The van der Waals surface area contributed by atoms with Gasteiger partial charge in [0.1, 0.15) is 0 Å². The van der Waals surface area contributed by atoms with Gasteiger partial charge in [-0.05, 0) is 57.8 Å². The number of hydrogen-bond acceptors (Lipinski definition) is 5. The molecule has 0 aromatic heterocycles. The molecule has 0 spiro atoms. The van der Waals surface area contributed by atoms with Gasteiger partial charge in [-0.25, -0.2) is 0 Å². The lowest BCUT2D eigenvalue weighted by atomic mass is 10.0. The lowest BCUT2D eigenvalue weighted by molar-refractivity contribution is -0.143. The minimum atomic E-state index is -0.850. The molecule has 6 heteroatoms. The molecule has 0 fully saturated rings. The number of nitrogens with one attached hydrogen (secondary N) is 1. The van der Waals surface area contributed by atoms with Crippen molar-refractivity contribution in [1.82, 2.24) is 5.32 Å². The van der Waals surface area contributed by atoms with E-state index in [9.17, 15) is 19.8 Å². The Kier molecular flexibility index (Phi) is 68.4. The molecule has 0 bridgehead atoms. The fourth-order valence-corrected chi connectivity index (χ4v) is 11.6. The highest BCUT2D eigenvalue weighted by molar-refractivity contribution is 5.76. The zero-order chi connectivity index (χ0) is 57.8. The summed E-state index contributed by atoms with van der Waals surface area (Å²) in [7, 11) is 0. The molecule has 80 heavy (non-hydrogen) atoms. The first-order valence-electron chi connectivity index (χ1n) is 36.6. The topological polar surface area (TPSA) is 95.9 Å². The maximum Gasteiger partial charge on any atom is 0.305 e. The zero-order valence-electron chi connectivity index (χ0n) is 54.3. The van der Waals surface area contributed by atoms with Crippen LogP contribution in [-0.2, 0) is 14.3 Å². The van der Waals surface area contributed by atoms with Crippen LogP contribution < -0.4 is 5.32 Å². The highest BCUT2D eigenvalue weighted by atomic mass is 16.5. The summed E-state index contributed by atoms with van der Waals surface area (Å²) in [5.41, 5.74) is 0. The van der Waals surface area contributed by atoms with E-state index in [-0.39, 0.29) is 18.5 Å². The second-order valence-corrected chi connectivity index (χ2v) is 25.3. The van der Waals surface area contributed by atoms with Crippen LogP contribution in [0, 0.1) is 0 Å². The molecule has 0 saturated heterocycles. The molecule has 1 amide bonds. The fourth-order valence-electron chi connectivity index (χ4n) is 11.6. The summed E-state index contributed by atoms with van der Waals surface area (Å²) < 4.78 is 5.50. The normalized spacial score (nSPS) is 12.6. The van der Waals surface area contributed by atoms with Crippen LogP contribution in [0.3, 0.4) is 0 Å². The highest BCUT2D eigenvalue weighted by Gasteiger charge is 2.18. The molecule has 0 aliphatic heterocycles. The van der Waals surface area contributed by atoms with Crippen LogP contribution in [0.15, 0.2) is 24.3 Å². The molecule has 2 atom stereocenters. The number of aliphatic hydroxyl groups is 2. The number of unbranched alkanes of at least 4 members (excludes halogenated alkanes) is 56. The fraction of sp³-hybridized carbons (Fsp3) is 0.919. The summed E-state index contributed by atoms with van der Waals surface area (Å²) in [6, 6.07) is -0.634. The Morgan fingerprint density at radius 1 is 0.338 bits per heavy atom. The van der Waals surface area contributed by atoms with Crippen molar-refractivity contribution in [3.05, 3.63) is 24.3 Å². The summed E-state index contributed by atoms with van der Waals surface area (Å²) >= 11 is 0. The molecule has 0 heterocycles. The lowest BCUT2D eigenvalue weighted by Gasteiger charge is -2.20. The average Bonchev–Trinajstić information content (AvgIpc) is 3.46. The summed E-state index contributed by atoms with van der Waals surface area (Å²) in [4.78, 5) is 24.6. The van der Waals surface area contributed by atoms with Gasteiger partial charge < -0.3 is 20.3 Å². The van der Waals surface area contributed by atoms with E-state index >= 15 is 0 Å². The van der Waals surface area contributed by atoms with E-state index in [1.807, 2.05) is 6.08 Å². The minimum absolute atomic E-state index is 0.0149. The first-order valence-corrected chi connectivity index (χ1v) is 36.6. The standard InChI is InChI=1S/C74H143NO5/c1-3-5-7-9-11-13-15-17-19-20-21-22-23-24-26-29-32-35-39-42-46-50-54-58-62-66-72(77)71(70-76)75-73(78)67-63-59-55-51-47-43-40-36-33-30-27-25-28-31-34-37-41-45-49-53-57-61-65-69-80-74(79)68-64-60-56-52-48-44-38-18-16-14-12-10-8-6-4-2/h30,33,62,66,71-72,76-77H,3-29,31-32,34-61,63-65,67-70H2,1-2H3,(H,75,78)/b33-30-,66-62+. The van der Waals surface area contributed by atoms with Crippen LogP contribution in [0.1, 0.15) is 412 Å². The van der Waals surface area contributed by atoms with Gasteiger partial charge in [-0.3, -0.25) is 9.59 Å². The highest BCUT2D eigenvalue weighted by Crippen LogP contribution is 2.19. The van der Waals surface area contributed by atoms with Crippen LogP contribution in [0.25, 0.3) is 0 Å². The number of amides is 1. The van der Waals surface area contributed by atoms with E-state index in [4.69, 9.17) is 4.74 Å². The minimum Gasteiger partial charge on any atom is -0.466 e. The third-order valence-corrected chi connectivity index (χ3v) is 17.2. The third kappa shape index (κ3) is 65.5. The number of carbonyl (C=O) groups is 2. The van der Waals surface area contributed by atoms with E-state index in [2.05, 4.69) is 31.3 Å². The Morgan fingerprint density at radius 2 is 0.588 bits per heavy atom. The molecule has 0 aliphatic carbocycles. The van der Waals surface area contributed by atoms with Gasteiger partial charge in [0.05, 0.1) is 25.4 Å². The van der Waals surface area contributed by atoms with Crippen molar-refractivity contribution in [2.45, 2.75) is 424 Å². The molecule has 474 valence electrons. The number of aliphatic hydroxyl groups excluding tert-OH is 2. The van der Waals surface area contributed by atoms with Crippen molar-refractivity contribution in [2.75, 3.05) is 13.2 Å². The van der Waals surface area contributed by atoms with Crippen LogP contribution in [0.2, 0.25) is 0 Å². The van der Waals surface area contributed by atoms with E-state index in [1.165, 1.54) is 340 Å². The molecule has 0 aromatic carbocycles. The zero-order valence-corrected chi connectivity index (χ0v) is 54.3. The number of esters is 1. The third-order valence-electron chi connectivity index (χ3n) is 17.2. The first kappa shape index (κ1) is 78.3. The Labute approximate surface area is 501 Å². The maximum absolute atomic E-state index is 12.5. The number of carbonyl (C=O) groups excluding carboxylic acids is 2. The molecule has 2 unspecified atom stereocenters. The van der Waals surface area contributed by atoms with Crippen LogP contribution in [-0.4, -0.2) is 47.4 Å². The Morgan fingerprint density at radius 3 is 0.887 bits per heavy atom. The molecule has 3 N–H and O–H groups in total. The van der Waals surface area contributed by atoms with Gasteiger partial charge in [0.15, 0.2) is 0 Å². The van der Waals surface area contributed by atoms with Gasteiger partial charge in [-0.15, -0.1) is 0 Å². The van der Waals surface area contributed by atoms with Crippen molar-refractivity contribution in [3.8, 4) is 0 Å². The number of allylic oxidation sites excluding steroid dienone is 3. The summed E-state index contributed by atoms with van der Waals surface area (Å²) in [6.07, 6.45) is 88.3. The summed E-state index contributed by atoms with van der Waals surface area (Å²) in [5.74, 6) is -0.0546. The van der Waals surface area contributed by atoms with Crippen LogP contribution in [0.5, 0.6) is 0 Å². The SMILES string of the molecule is CCCCCCCCCCCCCCCCCCCCCCCCC/C=C/C(O)C(CO)NC(=O)CCCCCCCCC/C=C\CCCCCCCCCCCCCCOC(=O)CCCCCCCCCCCCCCCCC. The summed E-state index contributed by atoms with van der Waals surface area (Å²) in [5, 5.41) is 23.3. The van der Waals surface area contributed by atoms with Gasteiger partial charge in [-0.2, -0.15) is 0 Å². The second-order valence-electron chi connectivity index (χ2n) is 25.3. The van der Waals surface area contributed by atoms with E-state index in [1.54, 1.807) is 6.08 Å². The molecule has 0 rings (SSSR count). The van der Waals surface area contributed by atoms with Gasteiger partial charge in [-0.1, -0.05) is 366 Å². The van der Waals surface area contributed by atoms with Gasteiger partial charge >= 0.3 is 5.97 Å². The Bertz CT molecular complexity index is 1250. The monoisotopic (exact) mass is 1130 g/mol. The van der Waals surface area contributed by atoms with Crippen molar-refractivity contribution in [2.24, 2.45) is 0 Å². The smallest absolute Gasteiger partial charge is 0.305 e. The molecular formula is C74H143NO5. The van der Waals surface area contributed by atoms with Gasteiger partial charge in [0, 0.05) is 12.8 Å². The number of rotatable bonds is 69. The van der Waals surface area contributed by atoms with Crippen molar-refractivity contribution in [1.29, 1.82) is 0 Å². The van der Waals surface area contributed by atoms with Crippen molar-refractivity contribution in [3.63, 3.8) is 0 Å². The second kappa shape index (κ2) is 69.8. The molecule has 6 nitrogen and oxygen atoms in total. The van der Waals surface area contributed by atoms with Crippen molar-refractivity contribution < 1.29 is 24.5 Å². The van der Waals surface area contributed by atoms with Crippen molar-refractivity contribution >= 4 is 11.9 Å². The molecule has 0 radical (unpaired) electrons. The van der Waals surface area contributed by atoms with Gasteiger partial charge in [0.25, 0.3) is 0 Å². The van der Waals surface area contributed by atoms with Gasteiger partial charge in [0.2, 0.25) is 5.91 Å². The van der Waals surface area contributed by atoms with E-state index < -0.39 is 12.1 Å². The maximum atomic E-state index is 12.5.